The lowest BCUT2D eigenvalue weighted by Gasteiger charge is -2.16. The van der Waals surface area contributed by atoms with Crippen LogP contribution in [0.15, 0.2) is 24.4 Å². The molecule has 0 amide bonds. The van der Waals surface area contributed by atoms with Crippen LogP contribution in [0.1, 0.15) is 39.5 Å². The Labute approximate surface area is 193 Å². The van der Waals surface area contributed by atoms with Crippen molar-refractivity contribution in [3.63, 3.8) is 0 Å². The summed E-state index contributed by atoms with van der Waals surface area (Å²) in [6, 6.07) is 5.76. The van der Waals surface area contributed by atoms with Crippen molar-refractivity contribution in [2.24, 2.45) is 0 Å². The zero-order chi connectivity index (χ0) is 22.5. The average Bonchev–Trinajstić information content (AvgIpc) is 3.59. The van der Waals surface area contributed by atoms with E-state index in [9.17, 15) is 0 Å². The van der Waals surface area contributed by atoms with Crippen LogP contribution in [-0.4, -0.2) is 30.2 Å². The van der Waals surface area contributed by atoms with Gasteiger partial charge in [0, 0.05) is 34.6 Å². The molecule has 1 saturated carbocycles. The van der Waals surface area contributed by atoms with Crippen molar-refractivity contribution < 1.29 is 9.47 Å². The van der Waals surface area contributed by atoms with Gasteiger partial charge in [0.15, 0.2) is 0 Å². The number of anilines is 2. The monoisotopic (exact) mass is 462 g/mol. The number of aromatic nitrogens is 2. The summed E-state index contributed by atoms with van der Waals surface area (Å²) in [4.78, 5) is 8.99. The van der Waals surface area contributed by atoms with E-state index in [1.807, 2.05) is 12.1 Å². The molecule has 8 heteroatoms. The van der Waals surface area contributed by atoms with Gasteiger partial charge in [-0.15, -0.1) is 0 Å². The van der Waals surface area contributed by atoms with Crippen LogP contribution in [0, 0.1) is 0 Å². The van der Waals surface area contributed by atoms with Crippen LogP contribution in [0.2, 0.25) is 10.0 Å². The molecule has 4 rings (SSSR count). The first-order chi connectivity index (χ1) is 14.9. The number of methoxy groups -OCH3 is 2. The molecule has 1 aromatic carbocycles. The van der Waals surface area contributed by atoms with Gasteiger partial charge in [0.1, 0.15) is 23.1 Å². The van der Waals surface area contributed by atoms with E-state index >= 15 is 0 Å². The number of nitrogens with two attached hydrogens (primary N) is 1. The lowest BCUT2D eigenvalue weighted by Crippen LogP contribution is -2.05. The average molecular weight is 463 g/mol. The standard InChI is InChI=1S/C19H18Cl2N4O2.C4H10/c1-26-13-7-14(27-2)18(21)16(17(13)20)12-5-9-8-23-15(22)6-11(9)19(25-12)24-10-3-4-10;1-3-4-2/h5-8,10H,3-4H2,1-2H3,(H2,22,23)(H,24,25);3-4H2,1-2H3. The number of unbranched alkanes of at least 4 members (excludes halogenated alkanes) is 1. The lowest BCUT2D eigenvalue weighted by molar-refractivity contribution is 0.395. The molecule has 3 N–H and O–H groups in total. The number of hydrogen-bond donors (Lipinski definition) is 2. The molecule has 0 unspecified atom stereocenters. The minimum Gasteiger partial charge on any atom is -0.495 e. The second kappa shape index (κ2) is 10.2. The molecule has 0 saturated heterocycles. The smallest absolute Gasteiger partial charge is 0.141 e. The molecule has 0 bridgehead atoms. The number of nitrogens with one attached hydrogen (secondary N) is 1. The number of rotatable bonds is 6. The Morgan fingerprint density at radius 2 is 1.65 bits per heavy atom. The predicted molar refractivity (Wildman–Crippen MR) is 130 cm³/mol. The fourth-order valence-corrected chi connectivity index (χ4v) is 3.63. The van der Waals surface area contributed by atoms with Crippen molar-refractivity contribution >= 4 is 45.6 Å². The maximum atomic E-state index is 6.56. The molecule has 2 aromatic heterocycles. The molecule has 0 atom stereocenters. The van der Waals surface area contributed by atoms with E-state index in [1.165, 1.54) is 12.8 Å². The fourth-order valence-electron chi connectivity index (χ4n) is 2.93. The van der Waals surface area contributed by atoms with Crippen LogP contribution in [0.5, 0.6) is 11.5 Å². The van der Waals surface area contributed by atoms with Gasteiger partial charge < -0.3 is 20.5 Å². The summed E-state index contributed by atoms with van der Waals surface area (Å²) in [5, 5.41) is 5.98. The minimum atomic E-state index is 0.371. The lowest BCUT2D eigenvalue weighted by atomic mass is 10.1. The van der Waals surface area contributed by atoms with Crippen molar-refractivity contribution in [2.45, 2.75) is 45.6 Å². The van der Waals surface area contributed by atoms with Crippen molar-refractivity contribution in [1.29, 1.82) is 0 Å². The second-order valence-electron chi connectivity index (χ2n) is 7.39. The summed E-state index contributed by atoms with van der Waals surface area (Å²) in [6.07, 6.45) is 6.58. The van der Waals surface area contributed by atoms with Gasteiger partial charge in [0.25, 0.3) is 0 Å². The highest BCUT2D eigenvalue weighted by Crippen LogP contribution is 2.46. The molecule has 0 spiro atoms. The highest BCUT2D eigenvalue weighted by molar-refractivity contribution is 6.41. The number of ether oxygens (including phenoxy) is 2. The van der Waals surface area contributed by atoms with Gasteiger partial charge in [-0.1, -0.05) is 49.9 Å². The first kappa shape index (κ1) is 23.2. The SMILES string of the molecule is CCCC.COc1cc(OC)c(Cl)c(-c2cc3cnc(N)cc3c(NC3CC3)n2)c1Cl. The van der Waals surface area contributed by atoms with E-state index in [-0.39, 0.29) is 0 Å². The predicted octanol–water partition coefficient (Wildman–Crippen LogP) is 6.58. The van der Waals surface area contributed by atoms with E-state index in [0.29, 0.717) is 44.7 Å². The van der Waals surface area contributed by atoms with Crippen LogP contribution in [0.25, 0.3) is 22.0 Å². The molecule has 3 aromatic rings. The highest BCUT2D eigenvalue weighted by Gasteiger charge is 2.25. The van der Waals surface area contributed by atoms with Gasteiger partial charge in [-0.3, -0.25) is 0 Å². The number of benzene rings is 1. The van der Waals surface area contributed by atoms with E-state index in [1.54, 1.807) is 26.5 Å². The highest BCUT2D eigenvalue weighted by atomic mass is 35.5. The summed E-state index contributed by atoms with van der Waals surface area (Å²) in [5.41, 5.74) is 7.02. The van der Waals surface area contributed by atoms with E-state index < -0.39 is 0 Å². The third-order valence-electron chi connectivity index (χ3n) is 4.98. The topological polar surface area (TPSA) is 82.3 Å². The van der Waals surface area contributed by atoms with Gasteiger partial charge in [0.2, 0.25) is 0 Å². The molecule has 6 nitrogen and oxygen atoms in total. The Morgan fingerprint density at radius 3 is 2.16 bits per heavy atom. The summed E-state index contributed by atoms with van der Waals surface area (Å²) in [7, 11) is 3.08. The molecule has 0 radical (unpaired) electrons. The molecule has 166 valence electrons. The van der Waals surface area contributed by atoms with E-state index in [4.69, 9.17) is 43.4 Å². The Kier molecular flexibility index (Phi) is 7.68. The zero-order valence-electron chi connectivity index (χ0n) is 18.3. The third-order valence-corrected chi connectivity index (χ3v) is 5.73. The van der Waals surface area contributed by atoms with Gasteiger partial charge in [-0.25, -0.2) is 9.97 Å². The Balaban J connectivity index is 0.000000628. The molecule has 1 fully saturated rings. The molecule has 1 aliphatic rings. The molecule has 31 heavy (non-hydrogen) atoms. The summed E-state index contributed by atoms with van der Waals surface area (Å²) in [6.45, 7) is 4.36. The van der Waals surface area contributed by atoms with E-state index in [2.05, 4.69) is 24.1 Å². The molecule has 2 heterocycles. The molecule has 1 aliphatic carbocycles. The number of hydrogen-bond acceptors (Lipinski definition) is 6. The third kappa shape index (κ3) is 5.25. The minimum absolute atomic E-state index is 0.371. The van der Waals surface area contributed by atoms with Gasteiger partial charge in [-0.05, 0) is 25.0 Å². The number of nitrogens with zero attached hydrogens (tertiary/aromatic N) is 2. The maximum absolute atomic E-state index is 6.56. The first-order valence-corrected chi connectivity index (χ1v) is 11.1. The van der Waals surface area contributed by atoms with Crippen LogP contribution >= 0.6 is 23.2 Å². The first-order valence-electron chi connectivity index (χ1n) is 10.4. The summed E-state index contributed by atoms with van der Waals surface area (Å²) in [5.74, 6) is 2.09. The van der Waals surface area contributed by atoms with Gasteiger partial charge in [0.05, 0.1) is 30.0 Å². The van der Waals surface area contributed by atoms with Crippen LogP contribution in [-0.2, 0) is 0 Å². The second-order valence-corrected chi connectivity index (χ2v) is 8.14. The Morgan fingerprint density at radius 1 is 1.03 bits per heavy atom. The largest absolute Gasteiger partial charge is 0.495 e. The fraction of sp³-hybridized carbons (Fsp3) is 0.391. The van der Waals surface area contributed by atoms with Crippen LogP contribution in [0.3, 0.4) is 0 Å². The maximum Gasteiger partial charge on any atom is 0.141 e. The molecular formula is C23H28Cl2N4O2. The zero-order valence-corrected chi connectivity index (χ0v) is 19.8. The van der Waals surface area contributed by atoms with Gasteiger partial charge >= 0.3 is 0 Å². The number of halogens is 2. The van der Waals surface area contributed by atoms with Gasteiger partial charge in [-0.2, -0.15) is 0 Å². The number of pyridine rings is 2. The van der Waals surface area contributed by atoms with Crippen LogP contribution < -0.4 is 20.5 Å². The van der Waals surface area contributed by atoms with E-state index in [0.717, 1.165) is 29.4 Å². The molecule has 0 aliphatic heterocycles. The number of nitrogen functional groups attached to an aromatic ring is 1. The Hall–Kier alpha value is -2.44. The summed E-state index contributed by atoms with van der Waals surface area (Å²) >= 11 is 13.1. The summed E-state index contributed by atoms with van der Waals surface area (Å²) < 4.78 is 10.7. The van der Waals surface area contributed by atoms with Crippen LogP contribution in [0.4, 0.5) is 11.6 Å². The Bertz CT molecular complexity index is 1040. The number of fused-ring (bicyclic) bond motifs is 1. The quantitative estimate of drug-likeness (QED) is 0.430. The van der Waals surface area contributed by atoms with Crippen molar-refractivity contribution in [3.8, 4) is 22.8 Å². The normalized spacial score (nSPS) is 12.8. The van der Waals surface area contributed by atoms with Crippen molar-refractivity contribution in [1.82, 2.24) is 9.97 Å². The molecular weight excluding hydrogens is 435 g/mol. The van der Waals surface area contributed by atoms with Crippen molar-refractivity contribution in [3.05, 3.63) is 34.4 Å². The van der Waals surface area contributed by atoms with Crippen molar-refractivity contribution in [2.75, 3.05) is 25.3 Å².